The first-order valence-electron chi connectivity index (χ1n) is 3.43. The second-order valence-corrected chi connectivity index (χ2v) is 3.84. The van der Waals surface area contributed by atoms with E-state index in [1.165, 1.54) is 13.0 Å². The van der Waals surface area contributed by atoms with Crippen molar-refractivity contribution < 1.29 is 0 Å². The zero-order valence-corrected chi connectivity index (χ0v) is 7.50. The van der Waals surface area contributed by atoms with Gasteiger partial charge in [-0.25, -0.2) is 0 Å². The summed E-state index contributed by atoms with van der Waals surface area (Å²) in [4.78, 5) is 0. The molecule has 0 spiro atoms. The van der Waals surface area contributed by atoms with E-state index in [0.29, 0.717) is 0 Å². The molecule has 0 N–H and O–H groups in total. The van der Waals surface area contributed by atoms with Crippen LogP contribution in [0.3, 0.4) is 0 Å². The number of hydrogen-bond donors (Lipinski definition) is 0. The van der Waals surface area contributed by atoms with Gasteiger partial charge in [0.15, 0.2) is 0 Å². The SMILES string of the molecule is C=S(C)N(CC)CCC. The minimum atomic E-state index is 0.230. The minimum Gasteiger partial charge on any atom is -0.257 e. The molecule has 0 aromatic rings. The van der Waals surface area contributed by atoms with Gasteiger partial charge in [-0.05, 0) is 12.7 Å². The average molecular weight is 147 g/mol. The van der Waals surface area contributed by atoms with Gasteiger partial charge in [-0.15, -0.1) is 10.7 Å². The van der Waals surface area contributed by atoms with Gasteiger partial charge in [0.25, 0.3) is 0 Å². The van der Waals surface area contributed by atoms with Crippen molar-refractivity contribution in [1.29, 1.82) is 0 Å². The van der Waals surface area contributed by atoms with Crippen LogP contribution in [-0.2, 0) is 0 Å². The Morgan fingerprint density at radius 1 is 1.44 bits per heavy atom. The van der Waals surface area contributed by atoms with Crippen LogP contribution >= 0.6 is 10.7 Å². The summed E-state index contributed by atoms with van der Waals surface area (Å²) in [5.41, 5.74) is 0. The molecule has 1 unspecified atom stereocenters. The van der Waals surface area contributed by atoms with Gasteiger partial charge in [0.2, 0.25) is 0 Å². The molecule has 2 heteroatoms. The molecule has 0 radical (unpaired) electrons. The van der Waals surface area contributed by atoms with Crippen molar-refractivity contribution in [2.24, 2.45) is 0 Å². The van der Waals surface area contributed by atoms with Gasteiger partial charge in [0.1, 0.15) is 0 Å². The van der Waals surface area contributed by atoms with Crippen LogP contribution in [0.1, 0.15) is 20.3 Å². The average Bonchev–Trinajstić information content (AvgIpc) is 1.82. The Kier molecular flexibility index (Phi) is 5.10. The molecule has 9 heavy (non-hydrogen) atoms. The van der Waals surface area contributed by atoms with Crippen LogP contribution in [-0.4, -0.2) is 29.5 Å². The molecule has 0 aromatic heterocycles. The largest absolute Gasteiger partial charge is 0.257 e. The molecule has 1 nitrogen and oxygen atoms in total. The topological polar surface area (TPSA) is 3.24 Å². The van der Waals surface area contributed by atoms with Crippen LogP contribution in [0, 0.1) is 0 Å². The quantitative estimate of drug-likeness (QED) is 0.549. The van der Waals surface area contributed by atoms with Gasteiger partial charge in [0, 0.05) is 13.1 Å². The summed E-state index contributed by atoms with van der Waals surface area (Å²) in [6, 6.07) is 0. The van der Waals surface area contributed by atoms with Crippen molar-refractivity contribution in [3.63, 3.8) is 0 Å². The Labute approximate surface area is 61.1 Å². The molecule has 1 atom stereocenters. The minimum absolute atomic E-state index is 0.230. The van der Waals surface area contributed by atoms with E-state index in [1.807, 2.05) is 0 Å². The van der Waals surface area contributed by atoms with Crippen molar-refractivity contribution in [2.45, 2.75) is 20.3 Å². The van der Waals surface area contributed by atoms with Crippen LogP contribution in [0.25, 0.3) is 0 Å². The molecule has 0 bridgehead atoms. The summed E-state index contributed by atoms with van der Waals surface area (Å²) >= 11 is 0. The molecule has 0 aliphatic rings. The highest BCUT2D eigenvalue weighted by Crippen LogP contribution is 2.10. The fourth-order valence-electron chi connectivity index (χ4n) is 0.784. The maximum Gasteiger partial charge on any atom is 0.00816 e. The first-order valence-corrected chi connectivity index (χ1v) is 5.19. The Morgan fingerprint density at radius 3 is 2.11 bits per heavy atom. The van der Waals surface area contributed by atoms with Crippen LogP contribution in [0.15, 0.2) is 0 Å². The zero-order chi connectivity index (χ0) is 7.28. The van der Waals surface area contributed by atoms with E-state index < -0.39 is 0 Å². The number of hydrogen-bond acceptors (Lipinski definition) is 1. The molecular weight excluding hydrogens is 130 g/mol. The normalized spacial score (nSPS) is 14.2. The van der Waals surface area contributed by atoms with E-state index in [1.54, 1.807) is 0 Å². The van der Waals surface area contributed by atoms with Crippen molar-refractivity contribution in [3.8, 4) is 0 Å². The second-order valence-electron chi connectivity index (χ2n) is 2.12. The molecule has 0 saturated heterocycles. The lowest BCUT2D eigenvalue weighted by Crippen LogP contribution is -2.16. The van der Waals surface area contributed by atoms with E-state index in [0.717, 1.165) is 6.54 Å². The maximum atomic E-state index is 3.98. The monoisotopic (exact) mass is 147 g/mol. The van der Waals surface area contributed by atoms with Crippen LogP contribution in [0.2, 0.25) is 0 Å². The highest BCUT2D eigenvalue weighted by molar-refractivity contribution is 8.11. The van der Waals surface area contributed by atoms with Crippen LogP contribution < -0.4 is 0 Å². The van der Waals surface area contributed by atoms with Crippen LogP contribution in [0.4, 0.5) is 0 Å². The second kappa shape index (κ2) is 5.00. The summed E-state index contributed by atoms with van der Waals surface area (Å²) in [6.07, 6.45) is 3.40. The molecule has 56 valence electrons. The Hall–Kier alpha value is 0.180. The smallest absolute Gasteiger partial charge is 0.00816 e. The fraction of sp³-hybridized carbons (Fsp3) is 0.857. The predicted molar refractivity (Wildman–Crippen MR) is 48.2 cm³/mol. The molecule has 0 heterocycles. The van der Waals surface area contributed by atoms with Crippen molar-refractivity contribution in [1.82, 2.24) is 4.31 Å². The van der Waals surface area contributed by atoms with Gasteiger partial charge in [-0.3, -0.25) is 4.31 Å². The Morgan fingerprint density at radius 2 is 2.00 bits per heavy atom. The van der Waals surface area contributed by atoms with E-state index in [4.69, 9.17) is 0 Å². The molecule has 0 amide bonds. The molecule has 0 aliphatic heterocycles. The van der Waals surface area contributed by atoms with Crippen molar-refractivity contribution in [2.75, 3.05) is 19.3 Å². The highest BCUT2D eigenvalue weighted by Gasteiger charge is 1.96. The number of nitrogens with zero attached hydrogens (tertiary/aromatic N) is 1. The third-order valence-electron chi connectivity index (χ3n) is 1.27. The van der Waals surface area contributed by atoms with E-state index in [9.17, 15) is 0 Å². The van der Waals surface area contributed by atoms with E-state index >= 15 is 0 Å². The number of rotatable bonds is 4. The van der Waals surface area contributed by atoms with E-state index in [-0.39, 0.29) is 10.7 Å². The first-order chi connectivity index (χ1) is 4.22. The van der Waals surface area contributed by atoms with Crippen LogP contribution in [0.5, 0.6) is 0 Å². The summed E-state index contributed by atoms with van der Waals surface area (Å²) < 4.78 is 2.39. The summed E-state index contributed by atoms with van der Waals surface area (Å²) in [6.45, 7) is 6.72. The Balaban J connectivity index is 3.54. The van der Waals surface area contributed by atoms with Crippen molar-refractivity contribution >= 4 is 16.5 Å². The predicted octanol–water partition coefficient (Wildman–Crippen LogP) is 1.96. The molecule has 0 rings (SSSR count). The standard InChI is InChI=1S/C7H17NS/c1-5-7-8(6-2)9(3)4/h3,5-7H2,1-2,4H3. The van der Waals surface area contributed by atoms with Gasteiger partial charge in [-0.2, -0.15) is 0 Å². The summed E-state index contributed by atoms with van der Waals surface area (Å²) in [5.74, 6) is 3.98. The molecule has 0 saturated carbocycles. The lowest BCUT2D eigenvalue weighted by atomic mass is 10.5. The van der Waals surface area contributed by atoms with Gasteiger partial charge in [0.05, 0.1) is 0 Å². The summed E-state index contributed by atoms with van der Waals surface area (Å²) in [5, 5.41) is 0. The lowest BCUT2D eigenvalue weighted by Gasteiger charge is -2.19. The lowest BCUT2D eigenvalue weighted by molar-refractivity contribution is 0.494. The Bertz CT molecular complexity index is 90.9. The van der Waals surface area contributed by atoms with Gasteiger partial charge < -0.3 is 0 Å². The molecule has 0 aliphatic carbocycles. The fourth-order valence-corrected chi connectivity index (χ4v) is 1.72. The van der Waals surface area contributed by atoms with Gasteiger partial charge in [-0.1, -0.05) is 19.7 Å². The van der Waals surface area contributed by atoms with Gasteiger partial charge >= 0.3 is 0 Å². The molecule has 0 aromatic carbocycles. The third-order valence-corrected chi connectivity index (χ3v) is 2.59. The maximum absolute atomic E-state index is 3.98. The molecule has 0 fully saturated rings. The zero-order valence-electron chi connectivity index (χ0n) is 6.68. The van der Waals surface area contributed by atoms with Crippen molar-refractivity contribution in [3.05, 3.63) is 0 Å². The summed E-state index contributed by atoms with van der Waals surface area (Å²) in [7, 11) is 0.230. The van der Waals surface area contributed by atoms with E-state index in [2.05, 4.69) is 30.3 Å². The third kappa shape index (κ3) is 3.71. The highest BCUT2D eigenvalue weighted by atomic mass is 32.2. The molecular formula is C7H17NS. The first kappa shape index (κ1) is 9.18.